The van der Waals surface area contributed by atoms with E-state index in [1.54, 1.807) is 0 Å². The molecule has 0 bridgehead atoms. The van der Waals surface area contributed by atoms with E-state index < -0.39 is 5.54 Å². The normalized spacial score (nSPS) is 29.9. The Morgan fingerprint density at radius 3 is 2.70 bits per heavy atom. The summed E-state index contributed by atoms with van der Waals surface area (Å²) in [5.41, 5.74) is -0.421. The van der Waals surface area contributed by atoms with Crippen molar-refractivity contribution in [2.45, 2.75) is 64.0 Å². The monoisotopic (exact) mass is 282 g/mol. The second kappa shape index (κ2) is 6.90. The lowest BCUT2D eigenvalue weighted by Gasteiger charge is -2.34. The van der Waals surface area contributed by atoms with E-state index in [1.807, 2.05) is 6.92 Å². The van der Waals surface area contributed by atoms with Gasteiger partial charge in [-0.15, -0.1) is 0 Å². The van der Waals surface area contributed by atoms with Gasteiger partial charge in [0.1, 0.15) is 5.54 Å². The van der Waals surface area contributed by atoms with Crippen LogP contribution in [0.3, 0.4) is 0 Å². The van der Waals surface area contributed by atoms with Crippen molar-refractivity contribution in [3.8, 4) is 0 Å². The molecule has 0 amide bonds. The van der Waals surface area contributed by atoms with Gasteiger partial charge in [-0.3, -0.25) is 4.79 Å². The molecule has 0 aromatic rings. The number of ether oxygens (including phenoxy) is 1. The summed E-state index contributed by atoms with van der Waals surface area (Å²) < 4.78 is 5.36. The zero-order chi connectivity index (χ0) is 14.6. The van der Waals surface area contributed by atoms with Crippen LogP contribution in [0.4, 0.5) is 0 Å². The van der Waals surface area contributed by atoms with Crippen LogP contribution in [0.25, 0.3) is 0 Å². The van der Waals surface area contributed by atoms with Crippen LogP contribution in [0, 0.1) is 5.92 Å². The minimum absolute atomic E-state index is 0.0292. The highest BCUT2D eigenvalue weighted by Crippen LogP contribution is 2.39. The van der Waals surface area contributed by atoms with Crippen molar-refractivity contribution in [1.82, 2.24) is 10.2 Å². The van der Waals surface area contributed by atoms with E-state index in [-0.39, 0.29) is 5.97 Å². The number of hydrogen-bond donors (Lipinski definition) is 1. The maximum atomic E-state index is 12.5. The van der Waals surface area contributed by atoms with Crippen molar-refractivity contribution in [2.24, 2.45) is 5.92 Å². The standard InChI is InChI=1S/C16H30N2O2/c1-4-17-16(15(19)20-5-2)11-6-7-13(16)10-12-18(3)14-8-9-14/h13-14,17H,4-12H2,1-3H3. The average Bonchev–Trinajstić information content (AvgIpc) is 3.20. The van der Waals surface area contributed by atoms with Crippen LogP contribution >= 0.6 is 0 Å². The number of nitrogens with zero attached hydrogens (tertiary/aromatic N) is 1. The molecule has 2 aliphatic carbocycles. The minimum atomic E-state index is -0.421. The number of hydrogen-bond acceptors (Lipinski definition) is 4. The molecule has 0 aromatic carbocycles. The lowest BCUT2D eigenvalue weighted by atomic mass is 9.84. The first-order chi connectivity index (χ1) is 9.64. The second-order valence-corrected chi connectivity index (χ2v) is 6.31. The molecular formula is C16H30N2O2. The molecule has 0 spiro atoms. The van der Waals surface area contributed by atoms with Gasteiger partial charge in [-0.2, -0.15) is 0 Å². The number of carbonyl (C=O) groups excluding carboxylic acids is 1. The van der Waals surface area contributed by atoms with E-state index in [2.05, 4.69) is 24.2 Å². The van der Waals surface area contributed by atoms with E-state index in [9.17, 15) is 4.79 Å². The van der Waals surface area contributed by atoms with E-state index >= 15 is 0 Å². The second-order valence-electron chi connectivity index (χ2n) is 6.31. The molecule has 0 saturated heterocycles. The first-order valence-corrected chi connectivity index (χ1v) is 8.26. The van der Waals surface area contributed by atoms with Crippen LogP contribution in [-0.4, -0.2) is 49.2 Å². The summed E-state index contributed by atoms with van der Waals surface area (Å²) in [6, 6.07) is 0.799. The summed E-state index contributed by atoms with van der Waals surface area (Å²) in [5, 5.41) is 3.47. The Bertz CT molecular complexity index is 330. The Hall–Kier alpha value is -0.610. The summed E-state index contributed by atoms with van der Waals surface area (Å²) in [6.45, 7) is 6.37. The first kappa shape index (κ1) is 15.8. The van der Waals surface area contributed by atoms with Crippen molar-refractivity contribution < 1.29 is 9.53 Å². The molecule has 0 aliphatic heterocycles. The van der Waals surface area contributed by atoms with Crippen LogP contribution < -0.4 is 5.32 Å². The van der Waals surface area contributed by atoms with Gasteiger partial charge in [-0.05, 0) is 65.1 Å². The zero-order valence-electron chi connectivity index (χ0n) is 13.3. The SMILES string of the molecule is CCNC1(C(=O)OCC)CCCC1CCN(C)C1CC1. The third-order valence-corrected chi connectivity index (χ3v) is 4.95. The maximum absolute atomic E-state index is 12.5. The van der Waals surface area contributed by atoms with E-state index in [4.69, 9.17) is 4.74 Å². The molecule has 2 unspecified atom stereocenters. The molecule has 116 valence electrons. The molecule has 2 aliphatic rings. The quantitative estimate of drug-likeness (QED) is 0.693. The molecular weight excluding hydrogens is 252 g/mol. The molecule has 2 fully saturated rings. The van der Waals surface area contributed by atoms with Gasteiger partial charge >= 0.3 is 5.97 Å². The van der Waals surface area contributed by atoms with Crippen LogP contribution in [0.5, 0.6) is 0 Å². The van der Waals surface area contributed by atoms with Gasteiger partial charge in [-0.25, -0.2) is 0 Å². The molecule has 1 N–H and O–H groups in total. The highest BCUT2D eigenvalue weighted by Gasteiger charge is 2.49. The highest BCUT2D eigenvalue weighted by molar-refractivity contribution is 5.81. The Morgan fingerprint density at radius 1 is 1.35 bits per heavy atom. The van der Waals surface area contributed by atoms with Crippen LogP contribution in [0.2, 0.25) is 0 Å². The van der Waals surface area contributed by atoms with Gasteiger partial charge in [0.25, 0.3) is 0 Å². The summed E-state index contributed by atoms with van der Waals surface area (Å²) in [4.78, 5) is 14.9. The molecule has 4 nitrogen and oxygen atoms in total. The fourth-order valence-electron chi connectivity index (χ4n) is 3.67. The molecule has 4 heteroatoms. The summed E-state index contributed by atoms with van der Waals surface area (Å²) in [5.74, 6) is 0.390. The Balaban J connectivity index is 1.97. The molecule has 2 saturated carbocycles. The van der Waals surface area contributed by atoms with E-state index in [0.29, 0.717) is 12.5 Å². The number of carbonyl (C=O) groups is 1. The van der Waals surface area contributed by atoms with Gasteiger partial charge in [0.2, 0.25) is 0 Å². The van der Waals surface area contributed by atoms with Crippen molar-refractivity contribution in [3.05, 3.63) is 0 Å². The molecule has 0 aromatic heterocycles. The predicted octanol–water partition coefficient (Wildman–Crippen LogP) is 2.18. The van der Waals surface area contributed by atoms with Gasteiger partial charge in [0, 0.05) is 6.04 Å². The topological polar surface area (TPSA) is 41.6 Å². The first-order valence-electron chi connectivity index (χ1n) is 8.26. The Morgan fingerprint density at radius 2 is 2.10 bits per heavy atom. The Labute approximate surface area is 123 Å². The van der Waals surface area contributed by atoms with E-state index in [1.165, 1.54) is 12.8 Å². The van der Waals surface area contributed by atoms with Crippen LogP contribution in [0.15, 0.2) is 0 Å². The lowest BCUT2D eigenvalue weighted by Crippen LogP contribution is -2.56. The number of rotatable bonds is 8. The van der Waals surface area contributed by atoms with Crippen molar-refractivity contribution in [1.29, 1.82) is 0 Å². The number of likely N-dealkylation sites (N-methyl/N-ethyl adjacent to an activating group) is 1. The third kappa shape index (κ3) is 3.34. The Kier molecular flexibility index (Phi) is 5.44. The largest absolute Gasteiger partial charge is 0.465 e. The number of nitrogens with one attached hydrogen (secondary N) is 1. The van der Waals surface area contributed by atoms with Crippen molar-refractivity contribution >= 4 is 5.97 Å². The van der Waals surface area contributed by atoms with Gasteiger partial charge < -0.3 is 15.0 Å². The smallest absolute Gasteiger partial charge is 0.326 e. The van der Waals surface area contributed by atoms with Crippen molar-refractivity contribution in [2.75, 3.05) is 26.7 Å². The van der Waals surface area contributed by atoms with Crippen molar-refractivity contribution in [3.63, 3.8) is 0 Å². The molecule has 0 heterocycles. The summed E-state index contributed by atoms with van der Waals surface area (Å²) >= 11 is 0. The van der Waals surface area contributed by atoms with Gasteiger partial charge in [-0.1, -0.05) is 13.3 Å². The van der Waals surface area contributed by atoms with E-state index in [0.717, 1.165) is 44.8 Å². The number of esters is 1. The van der Waals surface area contributed by atoms with Gasteiger partial charge in [0.05, 0.1) is 6.61 Å². The third-order valence-electron chi connectivity index (χ3n) is 4.95. The van der Waals surface area contributed by atoms with Gasteiger partial charge in [0.15, 0.2) is 0 Å². The highest BCUT2D eigenvalue weighted by atomic mass is 16.5. The molecule has 2 rings (SSSR count). The minimum Gasteiger partial charge on any atom is -0.465 e. The maximum Gasteiger partial charge on any atom is 0.326 e. The molecule has 20 heavy (non-hydrogen) atoms. The van der Waals surface area contributed by atoms with Crippen LogP contribution in [0.1, 0.15) is 52.4 Å². The summed E-state index contributed by atoms with van der Waals surface area (Å²) in [6.07, 6.45) is 6.99. The molecule has 0 radical (unpaired) electrons. The fraction of sp³-hybridized carbons (Fsp3) is 0.938. The zero-order valence-corrected chi connectivity index (χ0v) is 13.3. The average molecular weight is 282 g/mol. The molecule has 2 atom stereocenters. The predicted molar refractivity (Wildman–Crippen MR) is 80.7 cm³/mol. The lowest BCUT2D eigenvalue weighted by molar-refractivity contribution is -0.153. The fourth-order valence-corrected chi connectivity index (χ4v) is 3.67. The van der Waals surface area contributed by atoms with Crippen LogP contribution in [-0.2, 0) is 9.53 Å². The summed E-state index contributed by atoms with van der Waals surface area (Å²) in [7, 11) is 2.21.